The molecule has 0 fully saturated rings. The van der Waals surface area contributed by atoms with Gasteiger partial charge < -0.3 is 9.32 Å². The Bertz CT molecular complexity index is 2840. The Hall–Kier alpha value is -6.16. The Balaban J connectivity index is 1.16. The van der Waals surface area contributed by atoms with E-state index < -0.39 is 0 Å². The van der Waals surface area contributed by atoms with Gasteiger partial charge in [-0.3, -0.25) is 0 Å². The molecule has 0 aliphatic carbocycles. The zero-order valence-electron chi connectivity index (χ0n) is 26.5. The van der Waals surface area contributed by atoms with Crippen LogP contribution in [0.4, 0.5) is 17.1 Å². The molecule has 10 rings (SSSR count). The van der Waals surface area contributed by atoms with E-state index in [4.69, 9.17) is 4.42 Å². The number of nitrogens with zero attached hydrogens (tertiary/aromatic N) is 1. The van der Waals surface area contributed by atoms with Gasteiger partial charge in [-0.1, -0.05) is 127 Å². The molecule has 0 aliphatic heterocycles. The van der Waals surface area contributed by atoms with Gasteiger partial charge in [0, 0.05) is 53.1 Å². The van der Waals surface area contributed by atoms with Crippen molar-refractivity contribution in [1.29, 1.82) is 0 Å². The predicted molar refractivity (Wildman–Crippen MR) is 210 cm³/mol. The highest BCUT2D eigenvalue weighted by molar-refractivity contribution is 7.25. The van der Waals surface area contributed by atoms with Gasteiger partial charge >= 0.3 is 0 Å². The van der Waals surface area contributed by atoms with Crippen molar-refractivity contribution in [2.24, 2.45) is 0 Å². The number of hydrogen-bond acceptors (Lipinski definition) is 3. The first kappa shape index (κ1) is 27.9. The monoisotopic (exact) mass is 643 g/mol. The largest absolute Gasteiger partial charge is 0.455 e. The molecule has 0 spiro atoms. The summed E-state index contributed by atoms with van der Waals surface area (Å²) in [7, 11) is 0. The summed E-state index contributed by atoms with van der Waals surface area (Å²) in [6.45, 7) is 0. The van der Waals surface area contributed by atoms with Gasteiger partial charge in [0.15, 0.2) is 0 Å². The quantitative estimate of drug-likeness (QED) is 0.186. The van der Waals surface area contributed by atoms with Crippen LogP contribution in [0, 0.1) is 0 Å². The van der Waals surface area contributed by atoms with Gasteiger partial charge in [0.2, 0.25) is 0 Å². The van der Waals surface area contributed by atoms with Crippen LogP contribution in [0.5, 0.6) is 0 Å². The first-order chi connectivity index (χ1) is 24.3. The normalized spacial score (nSPS) is 11.7. The standard InChI is InChI=1S/C46H29NOS/c1-2-13-34-30(11-1)12-9-20-42(34)47(33-26-23-31(24-27-33)36-17-10-18-39-37-15-4-7-21-43(37)48-46(36)39)41-19-6-3-14-35(41)32-25-28-45-40(29-32)38-16-5-8-22-44(38)49-45/h1-29H. The van der Waals surface area contributed by atoms with Crippen molar-refractivity contribution in [2.75, 3.05) is 4.90 Å². The van der Waals surface area contributed by atoms with E-state index in [0.29, 0.717) is 0 Å². The van der Waals surface area contributed by atoms with Gasteiger partial charge in [-0.15, -0.1) is 11.3 Å². The zero-order chi connectivity index (χ0) is 32.3. The van der Waals surface area contributed by atoms with Crippen LogP contribution in [0.15, 0.2) is 180 Å². The van der Waals surface area contributed by atoms with E-state index in [9.17, 15) is 0 Å². The lowest BCUT2D eigenvalue weighted by Crippen LogP contribution is -2.11. The van der Waals surface area contributed by atoms with Crippen molar-refractivity contribution in [3.63, 3.8) is 0 Å². The molecule has 230 valence electrons. The minimum Gasteiger partial charge on any atom is -0.455 e. The van der Waals surface area contributed by atoms with Gasteiger partial charge in [-0.2, -0.15) is 0 Å². The van der Waals surface area contributed by atoms with Gasteiger partial charge in [0.05, 0.1) is 11.4 Å². The molecule has 10 aromatic rings. The topological polar surface area (TPSA) is 16.4 Å². The first-order valence-corrected chi connectivity index (χ1v) is 17.4. The average molecular weight is 644 g/mol. The van der Waals surface area contributed by atoms with E-state index in [1.54, 1.807) is 0 Å². The van der Waals surface area contributed by atoms with Crippen molar-refractivity contribution >= 4 is 81.3 Å². The second-order valence-electron chi connectivity index (χ2n) is 12.5. The van der Waals surface area contributed by atoms with Crippen LogP contribution >= 0.6 is 11.3 Å². The molecule has 0 amide bonds. The fourth-order valence-corrected chi connectivity index (χ4v) is 8.47. The second-order valence-corrected chi connectivity index (χ2v) is 13.6. The number of anilines is 3. The van der Waals surface area contributed by atoms with Crippen LogP contribution in [-0.4, -0.2) is 0 Å². The molecule has 2 aromatic heterocycles. The third kappa shape index (κ3) is 4.55. The Morgan fingerprint density at radius 1 is 0.408 bits per heavy atom. The Morgan fingerprint density at radius 2 is 1.04 bits per heavy atom. The second kappa shape index (κ2) is 11.2. The molecular weight excluding hydrogens is 615 g/mol. The Kier molecular flexibility index (Phi) is 6.39. The molecule has 0 saturated carbocycles. The summed E-state index contributed by atoms with van der Waals surface area (Å²) in [5.41, 5.74) is 9.78. The van der Waals surface area contributed by atoms with E-state index in [1.165, 1.54) is 42.1 Å². The van der Waals surface area contributed by atoms with Crippen molar-refractivity contribution in [3.8, 4) is 22.3 Å². The molecule has 3 heteroatoms. The van der Waals surface area contributed by atoms with Crippen molar-refractivity contribution in [2.45, 2.75) is 0 Å². The highest BCUT2D eigenvalue weighted by atomic mass is 32.1. The lowest BCUT2D eigenvalue weighted by atomic mass is 9.98. The van der Waals surface area contributed by atoms with Gasteiger partial charge in [-0.25, -0.2) is 0 Å². The summed E-state index contributed by atoms with van der Waals surface area (Å²) in [6, 6.07) is 63.3. The molecule has 0 atom stereocenters. The lowest BCUT2D eigenvalue weighted by molar-refractivity contribution is 0.670. The van der Waals surface area contributed by atoms with Crippen LogP contribution in [-0.2, 0) is 0 Å². The van der Waals surface area contributed by atoms with Gasteiger partial charge in [0.25, 0.3) is 0 Å². The molecule has 0 bridgehead atoms. The lowest BCUT2D eigenvalue weighted by Gasteiger charge is -2.29. The maximum Gasteiger partial charge on any atom is 0.143 e. The Morgan fingerprint density at radius 3 is 1.96 bits per heavy atom. The molecule has 2 heterocycles. The van der Waals surface area contributed by atoms with Crippen LogP contribution in [0.3, 0.4) is 0 Å². The summed E-state index contributed by atoms with van der Waals surface area (Å²) >= 11 is 1.86. The molecule has 8 aromatic carbocycles. The molecule has 2 nitrogen and oxygen atoms in total. The van der Waals surface area contributed by atoms with Crippen LogP contribution in [0.25, 0.3) is 75.1 Å². The molecule has 0 radical (unpaired) electrons. The van der Waals surface area contributed by atoms with E-state index in [1.807, 2.05) is 23.5 Å². The third-order valence-electron chi connectivity index (χ3n) is 9.68. The number of rotatable bonds is 5. The number of hydrogen-bond donors (Lipinski definition) is 0. The van der Waals surface area contributed by atoms with E-state index >= 15 is 0 Å². The first-order valence-electron chi connectivity index (χ1n) is 16.6. The van der Waals surface area contributed by atoms with E-state index in [2.05, 4.69) is 169 Å². The minimum atomic E-state index is 0.911. The summed E-state index contributed by atoms with van der Waals surface area (Å²) in [5.74, 6) is 0. The fraction of sp³-hybridized carbons (Fsp3) is 0. The van der Waals surface area contributed by atoms with Crippen LogP contribution in [0.1, 0.15) is 0 Å². The van der Waals surface area contributed by atoms with Crippen molar-refractivity contribution in [3.05, 3.63) is 176 Å². The molecule has 49 heavy (non-hydrogen) atoms. The predicted octanol–water partition coefficient (Wildman–Crippen LogP) is 13.9. The number of furan rings is 1. The average Bonchev–Trinajstić information content (AvgIpc) is 3.74. The number of benzene rings is 8. The number of fused-ring (bicyclic) bond motifs is 7. The molecule has 0 unspecified atom stereocenters. The van der Waals surface area contributed by atoms with Crippen molar-refractivity contribution in [1.82, 2.24) is 0 Å². The molecule has 0 saturated heterocycles. The van der Waals surface area contributed by atoms with Crippen LogP contribution in [0.2, 0.25) is 0 Å². The minimum absolute atomic E-state index is 0.911. The van der Waals surface area contributed by atoms with Gasteiger partial charge in [0.1, 0.15) is 11.2 Å². The summed E-state index contributed by atoms with van der Waals surface area (Å²) in [5, 5.41) is 7.30. The third-order valence-corrected chi connectivity index (χ3v) is 10.8. The van der Waals surface area contributed by atoms with Crippen LogP contribution < -0.4 is 4.90 Å². The van der Waals surface area contributed by atoms with Crippen molar-refractivity contribution < 1.29 is 4.42 Å². The number of thiophene rings is 1. The molecule has 0 N–H and O–H groups in total. The summed E-state index contributed by atoms with van der Waals surface area (Å²) in [6.07, 6.45) is 0. The molecular formula is C46H29NOS. The molecule has 0 aliphatic rings. The highest BCUT2D eigenvalue weighted by Crippen LogP contribution is 2.45. The van der Waals surface area contributed by atoms with E-state index in [-0.39, 0.29) is 0 Å². The maximum absolute atomic E-state index is 6.41. The SMILES string of the molecule is c1ccc(N(c2ccc(-c3cccc4c3oc3ccccc34)cc2)c2cccc3ccccc23)c(-c2ccc3sc4ccccc4c3c2)c1. The summed E-state index contributed by atoms with van der Waals surface area (Å²) < 4.78 is 9.04. The fourth-order valence-electron chi connectivity index (χ4n) is 7.38. The number of para-hydroxylation sites is 3. The van der Waals surface area contributed by atoms with Gasteiger partial charge in [-0.05, 0) is 65.0 Å². The van der Waals surface area contributed by atoms with E-state index in [0.717, 1.165) is 50.1 Å². The smallest absolute Gasteiger partial charge is 0.143 e. The zero-order valence-corrected chi connectivity index (χ0v) is 27.3. The summed E-state index contributed by atoms with van der Waals surface area (Å²) in [4.78, 5) is 2.42. The maximum atomic E-state index is 6.41. The highest BCUT2D eigenvalue weighted by Gasteiger charge is 2.20. The Labute approximate surface area is 287 Å².